The molecule has 186 valence electrons. The molecule has 2 aliphatic heterocycles. The van der Waals surface area contributed by atoms with E-state index in [1.165, 1.54) is 10.9 Å². The number of aromatic amines is 1. The van der Waals surface area contributed by atoms with Gasteiger partial charge >= 0.3 is 0 Å². The van der Waals surface area contributed by atoms with Crippen LogP contribution in [0, 0.1) is 0 Å². The lowest BCUT2D eigenvalue weighted by atomic mass is 10.1. The summed E-state index contributed by atoms with van der Waals surface area (Å²) in [6.45, 7) is 6.29. The Kier molecular flexibility index (Phi) is 6.62. The number of para-hydroxylation sites is 2. The van der Waals surface area contributed by atoms with E-state index in [1.54, 1.807) is 0 Å². The molecule has 0 bridgehead atoms. The first-order valence-electron chi connectivity index (χ1n) is 12.6. The van der Waals surface area contributed by atoms with Crippen LogP contribution in [0.2, 0.25) is 5.02 Å². The van der Waals surface area contributed by atoms with E-state index in [2.05, 4.69) is 39.2 Å². The maximum atomic E-state index is 6.30. The highest BCUT2D eigenvalue weighted by atomic mass is 35.5. The van der Waals surface area contributed by atoms with E-state index in [1.807, 2.05) is 42.5 Å². The first-order chi connectivity index (χ1) is 17.7. The van der Waals surface area contributed by atoms with Crippen LogP contribution in [0.1, 0.15) is 12.0 Å². The summed E-state index contributed by atoms with van der Waals surface area (Å²) in [7, 11) is 0. The SMILES string of the molecule is Clc1ccc2c(CCCN3CCN(c4ccccc4Oc4ccc5c(c4)OCCO5)CC3)c[nH]c2c1. The first-order valence-corrected chi connectivity index (χ1v) is 13.0. The number of hydrogen-bond acceptors (Lipinski definition) is 5. The second-order valence-electron chi connectivity index (χ2n) is 9.31. The van der Waals surface area contributed by atoms with Gasteiger partial charge in [-0.3, -0.25) is 4.90 Å². The van der Waals surface area contributed by atoms with Gasteiger partial charge in [0.05, 0.1) is 5.69 Å². The Morgan fingerprint density at radius 3 is 2.61 bits per heavy atom. The van der Waals surface area contributed by atoms with Crippen molar-refractivity contribution in [3.63, 3.8) is 0 Å². The fraction of sp³-hybridized carbons (Fsp3) is 0.310. The monoisotopic (exact) mass is 503 g/mol. The van der Waals surface area contributed by atoms with Gasteiger partial charge in [0.2, 0.25) is 0 Å². The molecule has 0 aliphatic carbocycles. The molecule has 0 amide bonds. The molecule has 1 fully saturated rings. The summed E-state index contributed by atoms with van der Waals surface area (Å²) in [4.78, 5) is 8.34. The molecule has 2 aliphatic rings. The number of nitrogens with one attached hydrogen (secondary N) is 1. The summed E-state index contributed by atoms with van der Waals surface area (Å²) in [6.07, 6.45) is 4.32. The fourth-order valence-electron chi connectivity index (χ4n) is 5.09. The number of fused-ring (bicyclic) bond motifs is 2. The van der Waals surface area contributed by atoms with E-state index in [0.717, 1.165) is 84.8 Å². The standard InChI is InChI=1S/C29H30ClN3O3/c30-22-7-9-24-21(20-31-25(24)18-22)4-3-11-32-12-14-33(15-13-32)26-5-1-2-6-27(26)36-23-8-10-28-29(19-23)35-17-16-34-28/h1-2,5-10,18-20,31H,3-4,11-17H2. The summed E-state index contributed by atoms with van der Waals surface area (Å²) < 4.78 is 17.6. The minimum absolute atomic E-state index is 0.563. The molecule has 36 heavy (non-hydrogen) atoms. The van der Waals surface area contributed by atoms with Crippen LogP contribution in [0.3, 0.4) is 0 Å². The number of rotatable bonds is 7. The number of halogens is 1. The van der Waals surface area contributed by atoms with E-state index in [9.17, 15) is 0 Å². The molecule has 7 heteroatoms. The van der Waals surface area contributed by atoms with Gasteiger partial charge in [0.15, 0.2) is 17.2 Å². The van der Waals surface area contributed by atoms with Gasteiger partial charge < -0.3 is 24.1 Å². The van der Waals surface area contributed by atoms with Gasteiger partial charge in [0, 0.05) is 54.4 Å². The summed E-state index contributed by atoms with van der Waals surface area (Å²) in [5.74, 6) is 3.13. The van der Waals surface area contributed by atoms with Crippen molar-refractivity contribution in [3.8, 4) is 23.0 Å². The lowest BCUT2D eigenvalue weighted by molar-refractivity contribution is 0.171. The molecular weight excluding hydrogens is 474 g/mol. The van der Waals surface area contributed by atoms with Crippen LogP contribution in [0.25, 0.3) is 10.9 Å². The first kappa shape index (κ1) is 23.1. The number of ether oxygens (including phenoxy) is 3. The Morgan fingerprint density at radius 1 is 0.889 bits per heavy atom. The van der Waals surface area contributed by atoms with Gasteiger partial charge in [0.25, 0.3) is 0 Å². The molecule has 3 aromatic carbocycles. The molecular formula is C29H30ClN3O3. The number of benzene rings is 3. The number of nitrogens with zero attached hydrogens (tertiary/aromatic N) is 2. The number of aryl methyl sites for hydroxylation is 1. The van der Waals surface area contributed by atoms with E-state index < -0.39 is 0 Å². The molecule has 3 heterocycles. The largest absolute Gasteiger partial charge is 0.486 e. The number of hydrogen-bond donors (Lipinski definition) is 1. The van der Waals surface area contributed by atoms with Crippen molar-refractivity contribution in [2.75, 3.05) is 50.8 Å². The van der Waals surface area contributed by atoms with Gasteiger partial charge in [-0.05, 0) is 61.3 Å². The molecule has 6 rings (SSSR count). The third kappa shape index (κ3) is 4.97. The zero-order valence-corrected chi connectivity index (χ0v) is 21.0. The molecule has 1 aromatic heterocycles. The normalized spacial score (nSPS) is 15.9. The van der Waals surface area contributed by atoms with Crippen LogP contribution in [-0.4, -0.2) is 55.8 Å². The number of anilines is 1. The smallest absolute Gasteiger partial charge is 0.165 e. The van der Waals surface area contributed by atoms with Crippen LogP contribution >= 0.6 is 11.6 Å². The Balaban J connectivity index is 1.04. The summed E-state index contributed by atoms with van der Waals surface area (Å²) in [5.41, 5.74) is 3.61. The summed E-state index contributed by atoms with van der Waals surface area (Å²) >= 11 is 6.12. The summed E-state index contributed by atoms with van der Waals surface area (Å²) in [5, 5.41) is 2.05. The molecule has 0 unspecified atom stereocenters. The quantitative estimate of drug-likeness (QED) is 0.328. The third-order valence-electron chi connectivity index (χ3n) is 6.97. The van der Waals surface area contributed by atoms with Crippen molar-refractivity contribution in [2.24, 2.45) is 0 Å². The molecule has 1 saturated heterocycles. The lowest BCUT2D eigenvalue weighted by Crippen LogP contribution is -2.46. The van der Waals surface area contributed by atoms with Crippen LogP contribution in [0.5, 0.6) is 23.0 Å². The zero-order valence-electron chi connectivity index (χ0n) is 20.2. The molecule has 1 N–H and O–H groups in total. The van der Waals surface area contributed by atoms with E-state index in [-0.39, 0.29) is 0 Å². The van der Waals surface area contributed by atoms with Crippen LogP contribution in [-0.2, 0) is 6.42 Å². The van der Waals surface area contributed by atoms with Crippen LogP contribution < -0.4 is 19.1 Å². The van der Waals surface area contributed by atoms with Gasteiger partial charge in [0.1, 0.15) is 19.0 Å². The van der Waals surface area contributed by atoms with Crippen molar-refractivity contribution in [3.05, 3.63) is 77.4 Å². The van der Waals surface area contributed by atoms with Gasteiger partial charge in [-0.25, -0.2) is 0 Å². The van der Waals surface area contributed by atoms with Crippen molar-refractivity contribution in [1.82, 2.24) is 9.88 Å². The summed E-state index contributed by atoms with van der Waals surface area (Å²) in [6, 6.07) is 20.1. The maximum Gasteiger partial charge on any atom is 0.165 e. The van der Waals surface area contributed by atoms with Gasteiger partial charge in [-0.1, -0.05) is 29.8 Å². The Morgan fingerprint density at radius 2 is 1.72 bits per heavy atom. The molecule has 0 atom stereocenters. The minimum atomic E-state index is 0.563. The predicted octanol–water partition coefficient (Wildman–Crippen LogP) is 6.14. The highest BCUT2D eigenvalue weighted by Gasteiger charge is 2.20. The molecule has 0 radical (unpaired) electrons. The average Bonchev–Trinajstić information content (AvgIpc) is 3.31. The van der Waals surface area contributed by atoms with E-state index >= 15 is 0 Å². The van der Waals surface area contributed by atoms with Gasteiger partial charge in [-0.2, -0.15) is 0 Å². The third-order valence-corrected chi connectivity index (χ3v) is 7.20. The Hall–Kier alpha value is -3.35. The second-order valence-corrected chi connectivity index (χ2v) is 9.75. The van der Waals surface area contributed by atoms with E-state index in [0.29, 0.717) is 13.2 Å². The van der Waals surface area contributed by atoms with Crippen molar-refractivity contribution in [2.45, 2.75) is 12.8 Å². The van der Waals surface area contributed by atoms with Crippen molar-refractivity contribution < 1.29 is 14.2 Å². The second kappa shape index (κ2) is 10.3. The fourth-order valence-corrected chi connectivity index (χ4v) is 5.26. The van der Waals surface area contributed by atoms with Crippen LogP contribution in [0.4, 0.5) is 5.69 Å². The maximum absolute atomic E-state index is 6.30. The van der Waals surface area contributed by atoms with Gasteiger partial charge in [-0.15, -0.1) is 0 Å². The zero-order chi connectivity index (χ0) is 24.3. The lowest BCUT2D eigenvalue weighted by Gasteiger charge is -2.36. The number of aromatic nitrogens is 1. The number of H-pyrrole nitrogens is 1. The molecule has 6 nitrogen and oxygen atoms in total. The van der Waals surface area contributed by atoms with Crippen molar-refractivity contribution in [1.29, 1.82) is 0 Å². The highest BCUT2D eigenvalue weighted by Crippen LogP contribution is 2.38. The Labute approximate surface area is 216 Å². The van der Waals surface area contributed by atoms with Crippen LogP contribution in [0.15, 0.2) is 66.9 Å². The number of piperazine rings is 1. The topological polar surface area (TPSA) is 50.0 Å². The Bertz CT molecular complexity index is 1350. The average molecular weight is 504 g/mol. The molecule has 0 saturated carbocycles. The minimum Gasteiger partial charge on any atom is -0.486 e. The molecule has 0 spiro atoms. The molecule has 4 aromatic rings. The van der Waals surface area contributed by atoms with Crippen molar-refractivity contribution >= 4 is 28.2 Å². The predicted molar refractivity (Wildman–Crippen MR) is 144 cm³/mol. The van der Waals surface area contributed by atoms with E-state index in [4.69, 9.17) is 25.8 Å². The highest BCUT2D eigenvalue weighted by molar-refractivity contribution is 6.31.